The fourth-order valence-corrected chi connectivity index (χ4v) is 8.36. The Kier molecular flexibility index (Phi) is 8.64. The van der Waals surface area contributed by atoms with Crippen LogP contribution in [0.25, 0.3) is 0 Å². The number of carbonyl (C=O) groups excluding carboxylic acids is 1. The van der Waals surface area contributed by atoms with Gasteiger partial charge in [0.15, 0.2) is 0 Å². The number of piperazine rings is 1. The van der Waals surface area contributed by atoms with Gasteiger partial charge < -0.3 is 16.4 Å². The van der Waals surface area contributed by atoms with Crippen LogP contribution in [0.5, 0.6) is 0 Å². The van der Waals surface area contributed by atoms with E-state index in [0.29, 0.717) is 48.7 Å². The van der Waals surface area contributed by atoms with Crippen molar-refractivity contribution in [2.75, 3.05) is 24.2 Å². The van der Waals surface area contributed by atoms with E-state index in [2.05, 4.69) is 22.8 Å². The Balaban J connectivity index is 1.22. The van der Waals surface area contributed by atoms with Gasteiger partial charge in [-0.05, 0) is 85.4 Å². The molecule has 3 aliphatic rings. The van der Waals surface area contributed by atoms with Crippen LogP contribution >= 0.6 is 0 Å². The van der Waals surface area contributed by atoms with E-state index in [1.54, 1.807) is 22.5 Å². The number of hydrogen-bond donors (Lipinski definition) is 3. The monoisotopic (exact) mass is 608 g/mol. The molecule has 43 heavy (non-hydrogen) atoms. The largest absolute Gasteiger partial charge is 0.324 e. The van der Waals surface area contributed by atoms with Gasteiger partial charge in [-0.2, -0.15) is 4.31 Å². The average Bonchev–Trinajstić information content (AvgIpc) is 3.85. The Hall–Kier alpha value is -3.18. The summed E-state index contributed by atoms with van der Waals surface area (Å²) >= 11 is 0. The topological polar surface area (TPSA) is 105 Å². The average molecular weight is 609 g/mol. The van der Waals surface area contributed by atoms with Gasteiger partial charge in [-0.25, -0.2) is 17.2 Å². The second-order valence-corrected chi connectivity index (χ2v) is 14.1. The lowest BCUT2D eigenvalue weighted by Crippen LogP contribution is -2.57. The summed E-state index contributed by atoms with van der Waals surface area (Å²) in [5.41, 5.74) is 10.0. The van der Waals surface area contributed by atoms with E-state index in [9.17, 15) is 17.6 Å². The summed E-state index contributed by atoms with van der Waals surface area (Å²) in [5, 5.41) is 6.31. The standard InChI is InChI=1S/C33H38F2N4O3S/c34-25-13-11-22(12-14-25)31(24-5-1-4-23(18-24)21-9-10-21)32(36)33(40)38-30-8-2-7-29(35)28(30)16-15-27-19-37-26-6-3-17-43(41,42)39(27)20-26/h1-2,4-5,7-8,11-14,18,21,26-27,31-32,37H,3,6,9-10,15-17,19-20,36H2,(H,38,40). The molecule has 6 rings (SSSR count). The van der Waals surface area contributed by atoms with E-state index < -0.39 is 33.7 Å². The number of benzene rings is 3. The molecule has 3 fully saturated rings. The predicted molar refractivity (Wildman–Crippen MR) is 163 cm³/mol. The van der Waals surface area contributed by atoms with Crippen LogP contribution in [0, 0.1) is 11.6 Å². The number of nitrogens with zero attached hydrogens (tertiary/aromatic N) is 1. The van der Waals surface area contributed by atoms with Crippen LogP contribution in [0.4, 0.5) is 14.5 Å². The zero-order chi connectivity index (χ0) is 30.1. The van der Waals surface area contributed by atoms with Crippen LogP contribution in [0.3, 0.4) is 0 Å². The fraction of sp³-hybridized carbons (Fsp3) is 0.424. The smallest absolute Gasteiger partial charge is 0.242 e. The summed E-state index contributed by atoms with van der Waals surface area (Å²) in [6.45, 7) is 0.930. The lowest BCUT2D eigenvalue weighted by atomic mass is 9.84. The molecular weight excluding hydrogens is 570 g/mol. The SMILES string of the molecule is NC(C(=O)Nc1cccc(F)c1CCC1CNC2CCCS(=O)(=O)N1C2)C(c1ccc(F)cc1)c1cccc(C2CC2)c1. The first-order chi connectivity index (χ1) is 20.7. The molecule has 2 saturated heterocycles. The minimum atomic E-state index is -3.38. The number of anilines is 1. The van der Waals surface area contributed by atoms with Crippen molar-refractivity contribution in [3.8, 4) is 0 Å². The molecule has 10 heteroatoms. The number of halogens is 2. The third-order valence-electron chi connectivity index (χ3n) is 9.08. The van der Waals surface area contributed by atoms with Crippen molar-refractivity contribution in [2.45, 2.75) is 68.5 Å². The van der Waals surface area contributed by atoms with E-state index in [-0.39, 0.29) is 30.1 Å². The molecule has 5 atom stereocenters. The molecule has 1 aliphatic carbocycles. The second-order valence-electron chi connectivity index (χ2n) is 12.1. The van der Waals surface area contributed by atoms with Crippen LogP contribution in [-0.4, -0.2) is 55.6 Å². The quantitative estimate of drug-likeness (QED) is 0.329. The Bertz CT molecular complexity index is 1580. The summed E-state index contributed by atoms with van der Waals surface area (Å²) in [7, 11) is -3.38. The lowest BCUT2D eigenvalue weighted by molar-refractivity contribution is -0.117. The molecule has 1 amide bonds. The highest BCUT2D eigenvalue weighted by molar-refractivity contribution is 7.89. The van der Waals surface area contributed by atoms with Crippen molar-refractivity contribution in [3.05, 3.63) is 101 Å². The number of nitrogens with one attached hydrogen (secondary N) is 2. The van der Waals surface area contributed by atoms with Crippen LogP contribution < -0.4 is 16.4 Å². The molecule has 2 aliphatic heterocycles. The van der Waals surface area contributed by atoms with Gasteiger partial charge in [0.25, 0.3) is 0 Å². The van der Waals surface area contributed by atoms with Gasteiger partial charge in [-0.3, -0.25) is 4.79 Å². The first-order valence-corrected chi connectivity index (χ1v) is 16.7. The molecule has 3 aromatic carbocycles. The Morgan fingerprint density at radius 2 is 1.79 bits per heavy atom. The molecule has 0 spiro atoms. The summed E-state index contributed by atoms with van der Waals surface area (Å²) < 4.78 is 56.4. The lowest BCUT2D eigenvalue weighted by Gasteiger charge is -2.37. The number of nitrogens with two attached hydrogens (primary N) is 1. The maximum atomic E-state index is 15.2. The molecule has 2 heterocycles. The molecule has 3 aromatic rings. The summed E-state index contributed by atoms with van der Waals surface area (Å²) in [5.74, 6) is -1.27. The van der Waals surface area contributed by atoms with Gasteiger partial charge >= 0.3 is 0 Å². The molecule has 0 radical (unpaired) electrons. The van der Waals surface area contributed by atoms with E-state index in [1.165, 1.54) is 29.8 Å². The minimum absolute atomic E-state index is 0.124. The van der Waals surface area contributed by atoms with Gasteiger partial charge in [0.05, 0.1) is 11.8 Å². The maximum Gasteiger partial charge on any atom is 0.242 e. The fourth-order valence-electron chi connectivity index (χ4n) is 6.55. The molecule has 7 nitrogen and oxygen atoms in total. The highest BCUT2D eigenvalue weighted by Gasteiger charge is 2.38. The minimum Gasteiger partial charge on any atom is -0.324 e. The molecule has 228 valence electrons. The number of rotatable bonds is 9. The number of hydrogen-bond acceptors (Lipinski definition) is 5. The first kappa shape index (κ1) is 29.9. The second kappa shape index (κ2) is 12.4. The summed E-state index contributed by atoms with van der Waals surface area (Å²) in [6.07, 6.45) is 4.33. The van der Waals surface area contributed by atoms with Gasteiger partial charge in [0, 0.05) is 42.3 Å². The van der Waals surface area contributed by atoms with Crippen molar-refractivity contribution in [1.82, 2.24) is 9.62 Å². The third kappa shape index (κ3) is 6.67. The number of amides is 1. The van der Waals surface area contributed by atoms with Gasteiger partial charge in [-0.15, -0.1) is 0 Å². The van der Waals surface area contributed by atoms with E-state index in [4.69, 9.17) is 5.73 Å². The molecular formula is C33H38F2N4O3S. The summed E-state index contributed by atoms with van der Waals surface area (Å²) in [6, 6.07) is 17.3. The third-order valence-corrected chi connectivity index (χ3v) is 11.0. The van der Waals surface area contributed by atoms with Gasteiger partial charge in [0.1, 0.15) is 11.6 Å². The van der Waals surface area contributed by atoms with Crippen molar-refractivity contribution in [3.63, 3.8) is 0 Å². The Morgan fingerprint density at radius 1 is 1.02 bits per heavy atom. The highest BCUT2D eigenvalue weighted by Crippen LogP contribution is 2.41. The summed E-state index contributed by atoms with van der Waals surface area (Å²) in [4.78, 5) is 13.7. The van der Waals surface area contributed by atoms with Crippen LogP contribution in [0.1, 0.15) is 66.2 Å². The van der Waals surface area contributed by atoms with Gasteiger partial charge in [0.2, 0.25) is 15.9 Å². The number of fused-ring (bicyclic) bond motifs is 2. The first-order valence-electron chi connectivity index (χ1n) is 15.1. The van der Waals surface area contributed by atoms with Crippen molar-refractivity contribution in [2.24, 2.45) is 5.73 Å². The van der Waals surface area contributed by atoms with Crippen molar-refractivity contribution >= 4 is 21.6 Å². The van der Waals surface area contributed by atoms with E-state index >= 15 is 4.39 Å². The van der Waals surface area contributed by atoms with Gasteiger partial charge in [-0.1, -0.05) is 42.5 Å². The van der Waals surface area contributed by atoms with E-state index in [1.807, 2.05) is 12.1 Å². The molecule has 5 unspecified atom stereocenters. The predicted octanol–water partition coefficient (Wildman–Crippen LogP) is 4.64. The molecule has 1 saturated carbocycles. The number of sulfonamides is 1. The van der Waals surface area contributed by atoms with Crippen LogP contribution in [-0.2, 0) is 21.2 Å². The van der Waals surface area contributed by atoms with Crippen molar-refractivity contribution < 1.29 is 22.0 Å². The van der Waals surface area contributed by atoms with E-state index in [0.717, 1.165) is 24.8 Å². The zero-order valence-electron chi connectivity index (χ0n) is 24.0. The van der Waals surface area contributed by atoms with Crippen LogP contribution in [0.2, 0.25) is 0 Å². The molecule has 0 aromatic heterocycles. The molecule has 2 bridgehead atoms. The van der Waals surface area contributed by atoms with Crippen LogP contribution in [0.15, 0.2) is 66.7 Å². The number of carbonyl (C=O) groups is 1. The Labute approximate surface area is 251 Å². The normalized spacial score (nSPS) is 24.5. The Morgan fingerprint density at radius 3 is 2.56 bits per heavy atom. The highest BCUT2D eigenvalue weighted by atomic mass is 32.2. The molecule has 4 N–H and O–H groups in total. The van der Waals surface area contributed by atoms with Crippen molar-refractivity contribution in [1.29, 1.82) is 0 Å². The zero-order valence-corrected chi connectivity index (χ0v) is 24.8. The maximum absolute atomic E-state index is 15.2.